The van der Waals surface area contributed by atoms with Gasteiger partial charge < -0.3 is 4.74 Å². The van der Waals surface area contributed by atoms with E-state index in [1.54, 1.807) is 0 Å². The van der Waals surface area contributed by atoms with Crippen LogP contribution in [0.1, 0.15) is 25.3 Å². The molecular weight excluding hydrogens is 332 g/mol. The van der Waals surface area contributed by atoms with E-state index in [0.717, 1.165) is 16.4 Å². The minimum absolute atomic E-state index is 0.636. The first kappa shape index (κ1) is 14.2. The molecule has 0 aliphatic rings. The van der Waals surface area contributed by atoms with Crippen LogP contribution in [-0.2, 0) is 11.3 Å². The van der Waals surface area contributed by atoms with Crippen molar-refractivity contribution in [2.45, 2.75) is 26.4 Å². The van der Waals surface area contributed by atoms with Crippen LogP contribution in [0.3, 0.4) is 0 Å². The largest absolute Gasteiger partial charge is 0.376 e. The molecule has 0 amide bonds. The predicted octanol–water partition coefficient (Wildman–Crippen LogP) is 4.78. The van der Waals surface area contributed by atoms with Crippen LogP contribution in [-0.4, -0.2) is 11.9 Å². The third-order valence-electron chi connectivity index (χ3n) is 2.43. The first-order chi connectivity index (χ1) is 7.76. The molecule has 1 nitrogen and oxygen atoms in total. The topological polar surface area (TPSA) is 9.23 Å². The molecule has 1 unspecified atom stereocenters. The van der Waals surface area contributed by atoms with Crippen molar-refractivity contribution in [3.05, 3.63) is 34.3 Å². The Hall–Kier alpha value is 0.140. The molecule has 0 spiro atoms. The summed E-state index contributed by atoms with van der Waals surface area (Å²) in [5.74, 6) is 0.636. The van der Waals surface area contributed by atoms with E-state index in [4.69, 9.17) is 4.74 Å². The van der Waals surface area contributed by atoms with Crippen molar-refractivity contribution in [3.63, 3.8) is 0 Å². The highest BCUT2D eigenvalue weighted by Crippen LogP contribution is 2.14. The van der Waals surface area contributed by atoms with Gasteiger partial charge in [-0.2, -0.15) is 0 Å². The standard InChI is InChI=1S/C13H18Br2O/c1-2-4-12(8-14)10-16-9-11-5-3-6-13(15)7-11/h3,5-7,12H,2,4,8-10H2,1H3. The normalized spacial score (nSPS) is 12.7. The molecular formula is C13H18Br2O. The lowest BCUT2D eigenvalue weighted by molar-refractivity contribution is 0.0910. The summed E-state index contributed by atoms with van der Waals surface area (Å²) in [6, 6.07) is 8.26. The third kappa shape index (κ3) is 5.46. The van der Waals surface area contributed by atoms with E-state index >= 15 is 0 Å². The van der Waals surface area contributed by atoms with Crippen LogP contribution < -0.4 is 0 Å². The van der Waals surface area contributed by atoms with Gasteiger partial charge >= 0.3 is 0 Å². The summed E-state index contributed by atoms with van der Waals surface area (Å²) in [7, 11) is 0. The Morgan fingerprint density at radius 3 is 2.81 bits per heavy atom. The zero-order valence-corrected chi connectivity index (χ0v) is 12.8. The average Bonchev–Trinajstić information content (AvgIpc) is 2.28. The molecule has 1 atom stereocenters. The van der Waals surface area contributed by atoms with Gasteiger partial charge in [0.1, 0.15) is 0 Å². The lowest BCUT2D eigenvalue weighted by Gasteiger charge is -2.13. The van der Waals surface area contributed by atoms with Crippen molar-refractivity contribution in [2.75, 3.05) is 11.9 Å². The Bertz CT molecular complexity index is 302. The molecule has 0 aliphatic carbocycles. The molecule has 0 bridgehead atoms. The zero-order valence-electron chi connectivity index (χ0n) is 9.59. The number of benzene rings is 1. The zero-order chi connectivity index (χ0) is 11.8. The highest BCUT2D eigenvalue weighted by Gasteiger charge is 2.05. The van der Waals surface area contributed by atoms with Crippen molar-refractivity contribution in [1.82, 2.24) is 0 Å². The summed E-state index contributed by atoms with van der Waals surface area (Å²) in [6.45, 7) is 3.75. The van der Waals surface area contributed by atoms with Gasteiger partial charge in [0.15, 0.2) is 0 Å². The van der Waals surface area contributed by atoms with Crippen molar-refractivity contribution in [2.24, 2.45) is 5.92 Å². The fraction of sp³-hybridized carbons (Fsp3) is 0.538. The Labute approximate surface area is 115 Å². The number of ether oxygens (including phenoxy) is 1. The molecule has 1 aromatic rings. The summed E-state index contributed by atoms with van der Waals surface area (Å²) in [6.07, 6.45) is 2.44. The van der Waals surface area contributed by atoms with Crippen LogP contribution in [0.2, 0.25) is 0 Å². The molecule has 0 saturated carbocycles. The molecule has 0 saturated heterocycles. The maximum absolute atomic E-state index is 5.73. The van der Waals surface area contributed by atoms with E-state index < -0.39 is 0 Å². The number of halogens is 2. The summed E-state index contributed by atoms with van der Waals surface area (Å²) in [4.78, 5) is 0. The average molecular weight is 350 g/mol. The second kappa shape index (κ2) is 8.26. The number of hydrogen-bond donors (Lipinski definition) is 0. The van der Waals surface area contributed by atoms with Crippen LogP contribution in [0.5, 0.6) is 0 Å². The molecule has 0 radical (unpaired) electrons. The second-order valence-corrected chi connectivity index (χ2v) is 5.52. The monoisotopic (exact) mass is 348 g/mol. The molecule has 3 heteroatoms. The van der Waals surface area contributed by atoms with Gasteiger partial charge in [-0.05, 0) is 30.0 Å². The van der Waals surface area contributed by atoms with E-state index in [9.17, 15) is 0 Å². The van der Waals surface area contributed by atoms with Crippen LogP contribution in [0, 0.1) is 5.92 Å². The summed E-state index contributed by atoms with van der Waals surface area (Å²) in [5.41, 5.74) is 1.22. The molecule has 0 N–H and O–H groups in total. The highest BCUT2D eigenvalue weighted by atomic mass is 79.9. The van der Waals surface area contributed by atoms with E-state index in [-0.39, 0.29) is 0 Å². The number of rotatable bonds is 7. The molecule has 0 fully saturated rings. The Morgan fingerprint density at radius 1 is 1.38 bits per heavy atom. The van der Waals surface area contributed by atoms with Crippen molar-refractivity contribution in [3.8, 4) is 0 Å². The number of hydrogen-bond acceptors (Lipinski definition) is 1. The third-order valence-corrected chi connectivity index (χ3v) is 3.84. The maximum atomic E-state index is 5.73. The van der Waals surface area contributed by atoms with Gasteiger partial charge in [0.25, 0.3) is 0 Å². The van der Waals surface area contributed by atoms with E-state index in [1.807, 2.05) is 12.1 Å². The van der Waals surface area contributed by atoms with Crippen LogP contribution in [0.15, 0.2) is 28.7 Å². The Kier molecular flexibility index (Phi) is 7.33. The van der Waals surface area contributed by atoms with E-state index in [2.05, 4.69) is 50.9 Å². The van der Waals surface area contributed by atoms with Crippen molar-refractivity contribution in [1.29, 1.82) is 0 Å². The molecule has 16 heavy (non-hydrogen) atoms. The molecule has 1 aromatic carbocycles. The quantitative estimate of drug-likeness (QED) is 0.644. The molecule has 1 rings (SSSR count). The van der Waals surface area contributed by atoms with Gasteiger partial charge in [-0.3, -0.25) is 0 Å². The minimum Gasteiger partial charge on any atom is -0.376 e. The van der Waals surface area contributed by atoms with E-state index in [1.165, 1.54) is 18.4 Å². The van der Waals surface area contributed by atoms with Gasteiger partial charge in [-0.1, -0.05) is 57.3 Å². The first-order valence-corrected chi connectivity index (χ1v) is 7.55. The fourth-order valence-electron chi connectivity index (χ4n) is 1.58. The van der Waals surface area contributed by atoms with Gasteiger partial charge in [0.2, 0.25) is 0 Å². The maximum Gasteiger partial charge on any atom is 0.0717 e. The van der Waals surface area contributed by atoms with E-state index in [0.29, 0.717) is 12.5 Å². The molecule has 0 aromatic heterocycles. The van der Waals surface area contributed by atoms with Gasteiger partial charge in [0, 0.05) is 9.80 Å². The Morgan fingerprint density at radius 2 is 2.19 bits per heavy atom. The van der Waals surface area contributed by atoms with Crippen molar-refractivity contribution < 1.29 is 4.74 Å². The SMILES string of the molecule is CCCC(CBr)COCc1cccc(Br)c1. The first-order valence-electron chi connectivity index (χ1n) is 5.64. The fourth-order valence-corrected chi connectivity index (χ4v) is 2.54. The van der Waals surface area contributed by atoms with Gasteiger partial charge in [-0.15, -0.1) is 0 Å². The van der Waals surface area contributed by atoms with Crippen LogP contribution >= 0.6 is 31.9 Å². The van der Waals surface area contributed by atoms with Gasteiger partial charge in [-0.25, -0.2) is 0 Å². The van der Waals surface area contributed by atoms with Crippen LogP contribution in [0.4, 0.5) is 0 Å². The second-order valence-electron chi connectivity index (χ2n) is 3.95. The van der Waals surface area contributed by atoms with Crippen molar-refractivity contribution >= 4 is 31.9 Å². The Balaban J connectivity index is 2.29. The molecule has 0 aliphatic heterocycles. The summed E-state index contributed by atoms with van der Waals surface area (Å²) < 4.78 is 6.84. The minimum atomic E-state index is 0.636. The predicted molar refractivity (Wildman–Crippen MR) is 76.0 cm³/mol. The smallest absolute Gasteiger partial charge is 0.0717 e. The van der Waals surface area contributed by atoms with Crippen LogP contribution in [0.25, 0.3) is 0 Å². The lowest BCUT2D eigenvalue weighted by atomic mass is 10.1. The number of alkyl halides is 1. The molecule has 90 valence electrons. The lowest BCUT2D eigenvalue weighted by Crippen LogP contribution is -2.10. The summed E-state index contributed by atoms with van der Waals surface area (Å²) in [5, 5.41) is 1.03. The highest BCUT2D eigenvalue weighted by molar-refractivity contribution is 9.10. The summed E-state index contributed by atoms with van der Waals surface area (Å²) >= 11 is 6.99. The van der Waals surface area contributed by atoms with Gasteiger partial charge in [0.05, 0.1) is 13.2 Å². The molecule has 0 heterocycles.